The summed E-state index contributed by atoms with van der Waals surface area (Å²) in [6, 6.07) is 10.4. The summed E-state index contributed by atoms with van der Waals surface area (Å²) in [6.45, 7) is 5.73. The first kappa shape index (κ1) is 16.4. The maximum Gasteiger partial charge on any atom is 0.241 e. The van der Waals surface area contributed by atoms with Gasteiger partial charge in [0.05, 0.1) is 6.54 Å². The number of hydrogen-bond donors (Lipinski definition) is 0. The van der Waals surface area contributed by atoms with Crippen molar-refractivity contribution in [2.75, 3.05) is 26.2 Å². The fourth-order valence-corrected chi connectivity index (χ4v) is 3.70. The van der Waals surface area contributed by atoms with E-state index in [1.54, 1.807) is 12.1 Å². The van der Waals surface area contributed by atoms with Gasteiger partial charge in [0.15, 0.2) is 0 Å². The van der Waals surface area contributed by atoms with Crippen LogP contribution in [0.15, 0.2) is 46.3 Å². The second-order valence-electron chi connectivity index (χ2n) is 6.15. The maximum atomic E-state index is 13.0. The molecule has 0 atom stereocenters. The molecule has 1 aromatic carbocycles. The molecule has 130 valence electrons. The standard InChI is InChI=1S/C18H19FN4OS/c19-15-5-3-14(4-6-15)18-20-17(24-21-18)13-23-9-7-22(8-10-23)12-16-2-1-11-25-16/h1-6,11H,7-10,12-13H2. The lowest BCUT2D eigenvalue weighted by Gasteiger charge is -2.33. The zero-order valence-electron chi connectivity index (χ0n) is 13.8. The number of nitrogens with zero attached hydrogens (tertiary/aromatic N) is 4. The Balaban J connectivity index is 1.31. The summed E-state index contributed by atoms with van der Waals surface area (Å²) in [5.41, 5.74) is 0.761. The topological polar surface area (TPSA) is 45.4 Å². The fraction of sp³-hybridized carbons (Fsp3) is 0.333. The van der Waals surface area contributed by atoms with E-state index in [2.05, 4.69) is 37.5 Å². The van der Waals surface area contributed by atoms with Crippen LogP contribution in [0, 0.1) is 5.82 Å². The van der Waals surface area contributed by atoms with Gasteiger partial charge in [0.2, 0.25) is 11.7 Å². The first-order valence-corrected chi connectivity index (χ1v) is 9.20. The molecule has 25 heavy (non-hydrogen) atoms. The number of hydrogen-bond acceptors (Lipinski definition) is 6. The summed E-state index contributed by atoms with van der Waals surface area (Å²) >= 11 is 1.81. The van der Waals surface area contributed by atoms with Crippen molar-refractivity contribution in [1.29, 1.82) is 0 Å². The van der Waals surface area contributed by atoms with Crippen molar-refractivity contribution in [1.82, 2.24) is 19.9 Å². The van der Waals surface area contributed by atoms with Gasteiger partial charge in [-0.05, 0) is 35.7 Å². The van der Waals surface area contributed by atoms with E-state index < -0.39 is 0 Å². The average molecular weight is 358 g/mol. The Kier molecular flexibility index (Phi) is 4.87. The number of rotatable bonds is 5. The van der Waals surface area contributed by atoms with Crippen molar-refractivity contribution in [2.24, 2.45) is 0 Å². The first-order chi connectivity index (χ1) is 12.3. The van der Waals surface area contributed by atoms with Crippen molar-refractivity contribution < 1.29 is 8.91 Å². The van der Waals surface area contributed by atoms with Crippen LogP contribution in [-0.4, -0.2) is 46.1 Å². The molecule has 0 radical (unpaired) electrons. The summed E-state index contributed by atoms with van der Waals surface area (Å²) < 4.78 is 18.3. The quantitative estimate of drug-likeness (QED) is 0.701. The van der Waals surface area contributed by atoms with Crippen LogP contribution in [-0.2, 0) is 13.1 Å². The highest BCUT2D eigenvalue weighted by atomic mass is 32.1. The Morgan fingerprint density at radius 3 is 2.40 bits per heavy atom. The highest BCUT2D eigenvalue weighted by Crippen LogP contribution is 2.18. The largest absolute Gasteiger partial charge is 0.338 e. The lowest BCUT2D eigenvalue weighted by Crippen LogP contribution is -2.45. The summed E-state index contributed by atoms with van der Waals surface area (Å²) in [6.07, 6.45) is 0. The number of benzene rings is 1. The van der Waals surface area contributed by atoms with Crippen molar-refractivity contribution in [3.63, 3.8) is 0 Å². The zero-order chi connectivity index (χ0) is 17.1. The highest BCUT2D eigenvalue weighted by Gasteiger charge is 2.19. The second-order valence-corrected chi connectivity index (χ2v) is 7.18. The number of aromatic nitrogens is 2. The van der Waals surface area contributed by atoms with Crippen LogP contribution >= 0.6 is 11.3 Å². The lowest BCUT2D eigenvalue weighted by molar-refractivity contribution is 0.113. The van der Waals surface area contributed by atoms with Gasteiger partial charge in [0, 0.05) is 43.2 Å². The van der Waals surface area contributed by atoms with Crippen LogP contribution in [0.3, 0.4) is 0 Å². The zero-order valence-corrected chi connectivity index (χ0v) is 14.6. The number of piperazine rings is 1. The summed E-state index contributed by atoms with van der Waals surface area (Å²) in [7, 11) is 0. The molecule has 1 aliphatic heterocycles. The van der Waals surface area contributed by atoms with E-state index >= 15 is 0 Å². The molecule has 1 saturated heterocycles. The second kappa shape index (κ2) is 7.43. The molecular formula is C18H19FN4OS. The van der Waals surface area contributed by atoms with Gasteiger partial charge in [0.25, 0.3) is 0 Å². The van der Waals surface area contributed by atoms with Crippen molar-refractivity contribution in [2.45, 2.75) is 13.1 Å². The first-order valence-electron chi connectivity index (χ1n) is 8.32. The minimum Gasteiger partial charge on any atom is -0.338 e. The maximum absolute atomic E-state index is 13.0. The molecule has 0 amide bonds. The van der Waals surface area contributed by atoms with Crippen LogP contribution < -0.4 is 0 Å². The molecule has 0 N–H and O–H groups in total. The monoisotopic (exact) mass is 358 g/mol. The molecule has 0 aliphatic carbocycles. The van der Waals surface area contributed by atoms with Crippen LogP contribution in [0.25, 0.3) is 11.4 Å². The molecular weight excluding hydrogens is 339 g/mol. The molecule has 0 spiro atoms. The Hall–Kier alpha value is -2.09. The Morgan fingerprint density at radius 2 is 1.72 bits per heavy atom. The van der Waals surface area contributed by atoms with E-state index in [1.807, 2.05) is 11.3 Å². The normalized spacial score (nSPS) is 16.4. The third-order valence-corrected chi connectivity index (χ3v) is 5.21. The van der Waals surface area contributed by atoms with E-state index in [1.165, 1.54) is 17.0 Å². The molecule has 1 fully saturated rings. The van der Waals surface area contributed by atoms with Gasteiger partial charge in [-0.3, -0.25) is 9.80 Å². The van der Waals surface area contributed by atoms with Crippen molar-refractivity contribution in [3.05, 3.63) is 58.4 Å². The van der Waals surface area contributed by atoms with E-state index in [0.717, 1.165) is 38.3 Å². The molecule has 0 bridgehead atoms. The molecule has 0 saturated carbocycles. The van der Waals surface area contributed by atoms with Gasteiger partial charge in [-0.15, -0.1) is 11.3 Å². The fourth-order valence-electron chi connectivity index (χ4n) is 2.96. The van der Waals surface area contributed by atoms with E-state index in [0.29, 0.717) is 18.3 Å². The molecule has 2 aromatic heterocycles. The highest BCUT2D eigenvalue weighted by molar-refractivity contribution is 7.09. The van der Waals surface area contributed by atoms with Gasteiger partial charge < -0.3 is 4.52 Å². The van der Waals surface area contributed by atoms with Crippen LogP contribution in [0.5, 0.6) is 0 Å². The summed E-state index contributed by atoms with van der Waals surface area (Å²) in [4.78, 5) is 10.6. The van der Waals surface area contributed by atoms with E-state index in [4.69, 9.17) is 4.52 Å². The molecule has 0 unspecified atom stereocenters. The predicted octanol–water partition coefficient (Wildman–Crippen LogP) is 3.26. The van der Waals surface area contributed by atoms with E-state index in [-0.39, 0.29) is 5.82 Å². The number of halogens is 1. The molecule has 7 heteroatoms. The van der Waals surface area contributed by atoms with E-state index in [9.17, 15) is 4.39 Å². The minimum atomic E-state index is -0.270. The summed E-state index contributed by atoms with van der Waals surface area (Å²) in [5, 5.41) is 6.13. The third kappa shape index (κ3) is 4.12. The molecule has 1 aliphatic rings. The van der Waals surface area contributed by atoms with Crippen molar-refractivity contribution >= 4 is 11.3 Å². The molecule has 4 rings (SSSR count). The van der Waals surface area contributed by atoms with Gasteiger partial charge in [0.1, 0.15) is 5.82 Å². The van der Waals surface area contributed by atoms with Gasteiger partial charge in [-0.1, -0.05) is 11.2 Å². The Labute approximate surface area is 149 Å². The summed E-state index contributed by atoms with van der Waals surface area (Å²) in [5.74, 6) is 0.838. The van der Waals surface area contributed by atoms with Crippen LogP contribution in [0.2, 0.25) is 0 Å². The smallest absolute Gasteiger partial charge is 0.241 e. The Bertz CT molecular complexity index is 795. The van der Waals surface area contributed by atoms with Gasteiger partial charge in [-0.25, -0.2) is 4.39 Å². The van der Waals surface area contributed by atoms with Crippen LogP contribution in [0.1, 0.15) is 10.8 Å². The van der Waals surface area contributed by atoms with Gasteiger partial charge in [-0.2, -0.15) is 4.98 Å². The lowest BCUT2D eigenvalue weighted by atomic mass is 10.2. The molecule has 3 heterocycles. The SMILES string of the molecule is Fc1ccc(-c2noc(CN3CCN(Cc4cccs4)CC3)n2)cc1. The molecule has 3 aromatic rings. The third-order valence-electron chi connectivity index (χ3n) is 4.35. The Morgan fingerprint density at radius 1 is 1.00 bits per heavy atom. The van der Waals surface area contributed by atoms with Gasteiger partial charge >= 0.3 is 0 Å². The minimum absolute atomic E-state index is 0.270. The van der Waals surface area contributed by atoms with Crippen molar-refractivity contribution in [3.8, 4) is 11.4 Å². The molecule has 5 nitrogen and oxygen atoms in total. The average Bonchev–Trinajstić information content (AvgIpc) is 3.29. The van der Waals surface area contributed by atoms with Crippen LogP contribution in [0.4, 0.5) is 4.39 Å². The predicted molar refractivity (Wildman–Crippen MR) is 94.6 cm³/mol. The number of thiophene rings is 1.